The van der Waals surface area contributed by atoms with Gasteiger partial charge in [-0.15, -0.1) is 5.10 Å². The van der Waals surface area contributed by atoms with Crippen LogP contribution in [-0.2, 0) is 16.1 Å². The van der Waals surface area contributed by atoms with Crippen LogP contribution in [0.3, 0.4) is 0 Å². The van der Waals surface area contributed by atoms with Crippen molar-refractivity contribution in [3.63, 3.8) is 0 Å². The Morgan fingerprint density at radius 2 is 2.18 bits per heavy atom. The second-order valence-electron chi connectivity index (χ2n) is 3.20. The van der Waals surface area contributed by atoms with Crippen LogP contribution in [0.25, 0.3) is 11.4 Å². The lowest BCUT2D eigenvalue weighted by molar-refractivity contribution is -0.144. The summed E-state index contributed by atoms with van der Waals surface area (Å²) in [5, 5.41) is 11.2. The molecule has 0 saturated carbocycles. The SMILES string of the molecule is CCOC(=O)Cn1nnnc1-c1ccncc1. The standard InChI is InChI=1S/C10H11N5O2/c1-2-17-9(16)7-15-10(12-13-14-15)8-3-5-11-6-4-8/h3-6H,2,7H2,1H3. The Hall–Kier alpha value is -2.31. The van der Waals surface area contributed by atoms with E-state index in [0.29, 0.717) is 12.4 Å². The van der Waals surface area contributed by atoms with E-state index in [0.717, 1.165) is 5.56 Å². The summed E-state index contributed by atoms with van der Waals surface area (Å²) in [6.45, 7) is 2.09. The third kappa shape index (κ3) is 2.63. The molecule has 0 bridgehead atoms. The number of hydrogen-bond acceptors (Lipinski definition) is 6. The number of carbonyl (C=O) groups is 1. The highest BCUT2D eigenvalue weighted by Gasteiger charge is 2.12. The number of nitrogens with zero attached hydrogens (tertiary/aromatic N) is 5. The van der Waals surface area contributed by atoms with Crippen molar-refractivity contribution in [1.82, 2.24) is 25.2 Å². The molecule has 0 unspecified atom stereocenters. The number of ether oxygens (including phenoxy) is 1. The van der Waals surface area contributed by atoms with Gasteiger partial charge in [0.2, 0.25) is 0 Å². The molecule has 0 aromatic carbocycles. The van der Waals surface area contributed by atoms with E-state index in [2.05, 4.69) is 20.5 Å². The summed E-state index contributed by atoms with van der Waals surface area (Å²) in [6.07, 6.45) is 3.28. The predicted octanol–water partition coefficient (Wildman–Crippen LogP) is 0.298. The number of aromatic nitrogens is 5. The van der Waals surface area contributed by atoms with Gasteiger partial charge in [0.05, 0.1) is 6.61 Å². The first-order chi connectivity index (χ1) is 8.31. The summed E-state index contributed by atoms with van der Waals surface area (Å²) in [6, 6.07) is 3.54. The predicted molar refractivity (Wildman–Crippen MR) is 57.7 cm³/mol. The fraction of sp³-hybridized carbons (Fsp3) is 0.300. The number of esters is 1. The molecule has 88 valence electrons. The van der Waals surface area contributed by atoms with Crippen LogP contribution in [0.1, 0.15) is 6.92 Å². The smallest absolute Gasteiger partial charge is 0.327 e. The average Bonchev–Trinajstić information content (AvgIpc) is 2.78. The molecule has 2 rings (SSSR count). The third-order valence-electron chi connectivity index (χ3n) is 2.05. The van der Waals surface area contributed by atoms with Crippen LogP contribution in [0.2, 0.25) is 0 Å². The topological polar surface area (TPSA) is 82.8 Å². The highest BCUT2D eigenvalue weighted by molar-refractivity contribution is 5.70. The average molecular weight is 233 g/mol. The van der Waals surface area contributed by atoms with Crippen LogP contribution < -0.4 is 0 Å². The van der Waals surface area contributed by atoms with Gasteiger partial charge in [-0.1, -0.05) is 0 Å². The second-order valence-corrected chi connectivity index (χ2v) is 3.20. The van der Waals surface area contributed by atoms with Crippen molar-refractivity contribution in [2.75, 3.05) is 6.61 Å². The summed E-state index contributed by atoms with van der Waals surface area (Å²) in [4.78, 5) is 15.2. The molecule has 17 heavy (non-hydrogen) atoms. The molecule has 2 heterocycles. The van der Waals surface area contributed by atoms with Gasteiger partial charge in [0.1, 0.15) is 6.54 Å². The molecule has 0 fully saturated rings. The van der Waals surface area contributed by atoms with E-state index in [1.165, 1.54) is 4.68 Å². The van der Waals surface area contributed by atoms with Crippen molar-refractivity contribution in [2.45, 2.75) is 13.5 Å². The molecule has 0 aliphatic rings. The van der Waals surface area contributed by atoms with E-state index in [9.17, 15) is 4.79 Å². The third-order valence-corrected chi connectivity index (χ3v) is 2.05. The molecule has 0 amide bonds. The molecule has 0 aliphatic heterocycles. The second kappa shape index (κ2) is 5.15. The van der Waals surface area contributed by atoms with E-state index in [1.807, 2.05) is 0 Å². The lowest BCUT2D eigenvalue weighted by atomic mass is 10.2. The lowest BCUT2D eigenvalue weighted by Crippen LogP contribution is -2.15. The molecule has 7 nitrogen and oxygen atoms in total. The molecular formula is C10H11N5O2. The Morgan fingerprint density at radius 1 is 1.41 bits per heavy atom. The summed E-state index contributed by atoms with van der Waals surface area (Å²) >= 11 is 0. The largest absolute Gasteiger partial charge is 0.465 e. The van der Waals surface area contributed by atoms with Crippen molar-refractivity contribution < 1.29 is 9.53 Å². The molecule has 2 aromatic heterocycles. The zero-order chi connectivity index (χ0) is 12.1. The number of hydrogen-bond donors (Lipinski definition) is 0. The monoisotopic (exact) mass is 233 g/mol. The van der Waals surface area contributed by atoms with Gasteiger partial charge < -0.3 is 4.74 Å². The van der Waals surface area contributed by atoms with Crippen LogP contribution >= 0.6 is 0 Å². The van der Waals surface area contributed by atoms with E-state index in [-0.39, 0.29) is 12.5 Å². The molecule has 7 heteroatoms. The molecule has 2 aromatic rings. The van der Waals surface area contributed by atoms with E-state index in [4.69, 9.17) is 4.74 Å². The van der Waals surface area contributed by atoms with Gasteiger partial charge in [0, 0.05) is 18.0 Å². The van der Waals surface area contributed by atoms with E-state index < -0.39 is 0 Å². The van der Waals surface area contributed by atoms with Gasteiger partial charge in [0.25, 0.3) is 0 Å². The van der Waals surface area contributed by atoms with Crippen LogP contribution in [-0.4, -0.2) is 37.8 Å². The normalized spacial score (nSPS) is 10.2. The van der Waals surface area contributed by atoms with Gasteiger partial charge in [-0.2, -0.15) is 0 Å². The first kappa shape index (κ1) is 11.2. The summed E-state index contributed by atoms with van der Waals surface area (Å²) < 4.78 is 6.23. The molecule has 0 spiro atoms. The highest BCUT2D eigenvalue weighted by Crippen LogP contribution is 2.13. The van der Waals surface area contributed by atoms with E-state index in [1.54, 1.807) is 31.5 Å². The summed E-state index contributed by atoms with van der Waals surface area (Å²) in [5.41, 5.74) is 0.800. The number of tetrazole rings is 1. The maximum atomic E-state index is 11.3. The molecular weight excluding hydrogens is 222 g/mol. The quantitative estimate of drug-likeness (QED) is 0.706. The number of rotatable bonds is 4. The van der Waals surface area contributed by atoms with Gasteiger partial charge in [-0.25, -0.2) is 4.68 Å². The molecule has 0 aliphatic carbocycles. The highest BCUT2D eigenvalue weighted by atomic mass is 16.5. The van der Waals surface area contributed by atoms with Crippen LogP contribution in [0.15, 0.2) is 24.5 Å². The van der Waals surface area contributed by atoms with Gasteiger partial charge in [-0.3, -0.25) is 9.78 Å². The minimum atomic E-state index is -0.366. The molecule has 0 saturated heterocycles. The van der Waals surface area contributed by atoms with E-state index >= 15 is 0 Å². The minimum absolute atomic E-state index is 0.00149. The zero-order valence-electron chi connectivity index (χ0n) is 9.28. The summed E-state index contributed by atoms with van der Waals surface area (Å²) in [7, 11) is 0. The van der Waals surface area contributed by atoms with Crippen molar-refractivity contribution >= 4 is 5.97 Å². The van der Waals surface area contributed by atoms with Crippen molar-refractivity contribution in [3.8, 4) is 11.4 Å². The Kier molecular flexibility index (Phi) is 3.39. The first-order valence-corrected chi connectivity index (χ1v) is 5.13. The first-order valence-electron chi connectivity index (χ1n) is 5.13. The molecule has 0 N–H and O–H groups in total. The van der Waals surface area contributed by atoms with Crippen molar-refractivity contribution in [1.29, 1.82) is 0 Å². The molecule has 0 atom stereocenters. The van der Waals surface area contributed by atoms with Crippen LogP contribution in [0, 0.1) is 0 Å². The Labute approximate surface area is 97.4 Å². The van der Waals surface area contributed by atoms with Crippen molar-refractivity contribution in [3.05, 3.63) is 24.5 Å². The van der Waals surface area contributed by atoms with Crippen molar-refractivity contribution in [2.24, 2.45) is 0 Å². The maximum absolute atomic E-state index is 11.3. The minimum Gasteiger partial charge on any atom is -0.465 e. The van der Waals surface area contributed by atoms with Gasteiger partial charge >= 0.3 is 5.97 Å². The number of pyridine rings is 1. The fourth-order valence-electron chi connectivity index (χ4n) is 1.35. The lowest BCUT2D eigenvalue weighted by Gasteiger charge is -2.03. The molecule has 0 radical (unpaired) electrons. The fourth-order valence-corrected chi connectivity index (χ4v) is 1.35. The van der Waals surface area contributed by atoms with Crippen LogP contribution in [0.4, 0.5) is 0 Å². The Balaban J connectivity index is 2.20. The zero-order valence-corrected chi connectivity index (χ0v) is 9.28. The van der Waals surface area contributed by atoms with Gasteiger partial charge in [0.15, 0.2) is 5.82 Å². The number of carbonyl (C=O) groups excluding carboxylic acids is 1. The Bertz CT molecular complexity index is 496. The maximum Gasteiger partial charge on any atom is 0.327 e. The van der Waals surface area contributed by atoms with Crippen LogP contribution in [0.5, 0.6) is 0 Å². The summed E-state index contributed by atoms with van der Waals surface area (Å²) in [5.74, 6) is 0.149. The van der Waals surface area contributed by atoms with Gasteiger partial charge in [-0.05, 0) is 29.5 Å². The Morgan fingerprint density at radius 3 is 2.88 bits per heavy atom.